The van der Waals surface area contributed by atoms with Crippen LogP contribution in [0.1, 0.15) is 21.5 Å². The van der Waals surface area contributed by atoms with Crippen molar-refractivity contribution >= 4 is 35.1 Å². The summed E-state index contributed by atoms with van der Waals surface area (Å²) in [5, 5.41) is 6.76. The molecule has 1 aliphatic heterocycles. The van der Waals surface area contributed by atoms with E-state index in [1.165, 1.54) is 0 Å². The number of rotatable bonds is 7. The van der Waals surface area contributed by atoms with Gasteiger partial charge in [-0.1, -0.05) is 41.4 Å². The normalized spacial score (nSPS) is 16.8. The van der Waals surface area contributed by atoms with Gasteiger partial charge in [-0.2, -0.15) is 0 Å². The van der Waals surface area contributed by atoms with Gasteiger partial charge in [-0.15, -0.1) is 0 Å². The number of morpholine rings is 1. The Morgan fingerprint density at radius 2 is 1.80 bits per heavy atom. The molecule has 0 spiro atoms. The van der Waals surface area contributed by atoms with Gasteiger partial charge in [-0.05, 0) is 35.4 Å². The first-order valence-electron chi connectivity index (χ1n) is 9.58. The fraction of sp³-hybridized carbons (Fsp3) is 0.333. The van der Waals surface area contributed by atoms with E-state index in [1.54, 1.807) is 30.3 Å². The maximum absolute atomic E-state index is 12.2. The van der Waals surface area contributed by atoms with Crippen LogP contribution >= 0.6 is 23.2 Å². The molecule has 9 heteroatoms. The quantitative estimate of drug-likeness (QED) is 0.603. The minimum Gasteiger partial charge on any atom is -0.378 e. The molecule has 1 fully saturated rings. The largest absolute Gasteiger partial charge is 0.378 e. The lowest BCUT2D eigenvalue weighted by molar-refractivity contribution is -0.00994. The van der Waals surface area contributed by atoms with Crippen LogP contribution in [-0.2, 0) is 17.8 Å². The summed E-state index contributed by atoms with van der Waals surface area (Å²) in [6.45, 7) is 3.44. The predicted molar refractivity (Wildman–Crippen MR) is 117 cm³/mol. The molecule has 1 heterocycles. The number of nitrogens with zero attached hydrogens (tertiary/aromatic N) is 1. The number of nitrogens with one attached hydrogen (secondary N) is 2. The van der Waals surface area contributed by atoms with Crippen molar-refractivity contribution in [2.75, 3.05) is 26.3 Å². The van der Waals surface area contributed by atoms with Gasteiger partial charge in [0.2, 0.25) is 5.91 Å². The van der Waals surface area contributed by atoms with Crippen molar-refractivity contribution in [3.8, 4) is 0 Å². The lowest BCUT2D eigenvalue weighted by atomic mass is 10.1. The number of hydrogen-bond donors (Lipinski definition) is 3. The molecule has 1 aliphatic rings. The smallest absolute Gasteiger partial charge is 0.315 e. The number of carbonyl (C=O) groups excluding carboxylic acids is 2. The van der Waals surface area contributed by atoms with Gasteiger partial charge in [0.25, 0.3) is 0 Å². The Morgan fingerprint density at radius 1 is 1.07 bits per heavy atom. The number of primary amides is 1. The number of nitrogens with two attached hydrogens (primary N) is 1. The van der Waals surface area contributed by atoms with Crippen molar-refractivity contribution in [1.82, 2.24) is 15.5 Å². The zero-order valence-electron chi connectivity index (χ0n) is 16.4. The molecule has 2 aromatic rings. The van der Waals surface area contributed by atoms with Crippen LogP contribution in [-0.4, -0.2) is 49.2 Å². The van der Waals surface area contributed by atoms with Crippen LogP contribution < -0.4 is 16.4 Å². The molecule has 0 radical (unpaired) electrons. The molecule has 0 aliphatic carbocycles. The Balaban J connectivity index is 1.48. The first-order valence-corrected chi connectivity index (χ1v) is 10.3. The Kier molecular flexibility index (Phi) is 7.93. The first-order chi connectivity index (χ1) is 14.4. The number of carbonyl (C=O) groups is 2. The summed E-state index contributed by atoms with van der Waals surface area (Å²) in [5.41, 5.74) is 7.59. The minimum atomic E-state index is -0.479. The molecule has 7 nitrogen and oxygen atoms in total. The van der Waals surface area contributed by atoms with Crippen molar-refractivity contribution in [2.24, 2.45) is 5.73 Å². The van der Waals surface area contributed by atoms with E-state index in [0.717, 1.165) is 17.7 Å². The fourth-order valence-electron chi connectivity index (χ4n) is 3.20. The third-order valence-corrected chi connectivity index (χ3v) is 5.65. The van der Waals surface area contributed by atoms with E-state index < -0.39 is 5.91 Å². The molecular weight excluding hydrogens is 427 g/mol. The van der Waals surface area contributed by atoms with E-state index in [1.807, 2.05) is 12.1 Å². The SMILES string of the molecule is NC(=O)c1ccc(CNC(=O)NCC2COCCN2Cc2ccc(Cl)c(Cl)c2)cc1. The standard InChI is InChI=1S/C21H24Cl2N4O3/c22-18-6-3-15(9-19(18)23)12-27-7-8-30-13-17(27)11-26-21(29)25-10-14-1-4-16(5-2-14)20(24)28/h1-6,9,17H,7-8,10-13H2,(H2,24,28)(H2,25,26,29). The van der Waals surface area contributed by atoms with Crippen LogP contribution in [0.15, 0.2) is 42.5 Å². The van der Waals surface area contributed by atoms with Crippen LogP contribution in [0.5, 0.6) is 0 Å². The highest BCUT2D eigenvalue weighted by atomic mass is 35.5. The number of halogens is 2. The molecule has 30 heavy (non-hydrogen) atoms. The van der Waals surface area contributed by atoms with E-state index in [9.17, 15) is 9.59 Å². The molecule has 2 aromatic carbocycles. The molecule has 1 saturated heterocycles. The summed E-state index contributed by atoms with van der Waals surface area (Å²) < 4.78 is 5.59. The van der Waals surface area contributed by atoms with Crippen molar-refractivity contribution in [3.05, 3.63) is 69.2 Å². The lowest BCUT2D eigenvalue weighted by Gasteiger charge is -2.35. The molecule has 4 N–H and O–H groups in total. The second kappa shape index (κ2) is 10.6. The fourth-order valence-corrected chi connectivity index (χ4v) is 3.52. The van der Waals surface area contributed by atoms with Crippen molar-refractivity contribution in [1.29, 1.82) is 0 Å². The van der Waals surface area contributed by atoms with Gasteiger partial charge >= 0.3 is 6.03 Å². The Bertz CT molecular complexity index is 892. The number of hydrogen-bond acceptors (Lipinski definition) is 4. The zero-order chi connectivity index (χ0) is 21.5. The van der Waals surface area contributed by atoms with Crippen LogP contribution in [0.2, 0.25) is 10.0 Å². The average molecular weight is 451 g/mol. The highest BCUT2D eigenvalue weighted by Gasteiger charge is 2.23. The van der Waals surface area contributed by atoms with Gasteiger partial charge in [0.05, 0.1) is 29.3 Å². The van der Waals surface area contributed by atoms with Gasteiger partial charge in [0.15, 0.2) is 0 Å². The van der Waals surface area contributed by atoms with Gasteiger partial charge in [-0.3, -0.25) is 9.69 Å². The predicted octanol–water partition coefficient (Wildman–Crippen LogP) is 2.79. The van der Waals surface area contributed by atoms with Gasteiger partial charge < -0.3 is 21.1 Å². The second-order valence-corrected chi connectivity index (χ2v) is 7.89. The molecule has 1 unspecified atom stereocenters. The molecule has 0 bridgehead atoms. The third kappa shape index (κ3) is 6.34. The van der Waals surface area contributed by atoms with Crippen molar-refractivity contribution in [3.63, 3.8) is 0 Å². The summed E-state index contributed by atoms with van der Waals surface area (Å²) >= 11 is 12.1. The number of benzene rings is 2. The van der Waals surface area contributed by atoms with E-state index in [-0.39, 0.29) is 12.1 Å². The molecule has 0 aromatic heterocycles. The monoisotopic (exact) mass is 450 g/mol. The Morgan fingerprint density at radius 3 is 2.50 bits per heavy atom. The summed E-state index contributed by atoms with van der Waals surface area (Å²) in [7, 11) is 0. The third-order valence-electron chi connectivity index (χ3n) is 4.91. The van der Waals surface area contributed by atoms with Gasteiger partial charge in [0, 0.05) is 31.7 Å². The first kappa shape index (κ1) is 22.4. The summed E-state index contributed by atoms with van der Waals surface area (Å²) in [6, 6.07) is 12.2. The molecule has 1 atom stereocenters. The van der Waals surface area contributed by atoms with Crippen LogP contribution in [0, 0.1) is 0 Å². The Hall–Kier alpha value is -2.32. The zero-order valence-corrected chi connectivity index (χ0v) is 17.9. The number of amides is 3. The molecule has 3 rings (SSSR count). The summed E-state index contributed by atoms with van der Waals surface area (Å²) in [6.07, 6.45) is 0. The summed E-state index contributed by atoms with van der Waals surface area (Å²) in [5.74, 6) is -0.479. The van der Waals surface area contributed by atoms with E-state index >= 15 is 0 Å². The highest BCUT2D eigenvalue weighted by molar-refractivity contribution is 6.42. The Labute approximate surface area is 185 Å². The number of ether oxygens (including phenoxy) is 1. The van der Waals surface area contributed by atoms with Crippen LogP contribution in [0.25, 0.3) is 0 Å². The molecular formula is C21H24Cl2N4O3. The minimum absolute atomic E-state index is 0.0498. The van der Waals surface area contributed by atoms with Gasteiger partial charge in [0.1, 0.15) is 0 Å². The second-order valence-electron chi connectivity index (χ2n) is 7.07. The molecule has 0 saturated carbocycles. The van der Waals surface area contributed by atoms with E-state index in [4.69, 9.17) is 33.7 Å². The van der Waals surface area contributed by atoms with Crippen LogP contribution in [0.3, 0.4) is 0 Å². The van der Waals surface area contributed by atoms with Crippen molar-refractivity contribution < 1.29 is 14.3 Å². The topological polar surface area (TPSA) is 96.7 Å². The van der Waals surface area contributed by atoms with Crippen molar-refractivity contribution in [2.45, 2.75) is 19.1 Å². The van der Waals surface area contributed by atoms with Crippen LogP contribution in [0.4, 0.5) is 4.79 Å². The maximum Gasteiger partial charge on any atom is 0.315 e. The maximum atomic E-state index is 12.2. The van der Waals surface area contributed by atoms with E-state index in [2.05, 4.69) is 15.5 Å². The molecule has 3 amide bonds. The van der Waals surface area contributed by atoms with Gasteiger partial charge in [-0.25, -0.2) is 4.79 Å². The summed E-state index contributed by atoms with van der Waals surface area (Å²) in [4.78, 5) is 25.6. The average Bonchev–Trinajstić information content (AvgIpc) is 2.74. The lowest BCUT2D eigenvalue weighted by Crippen LogP contribution is -2.51. The number of urea groups is 1. The highest BCUT2D eigenvalue weighted by Crippen LogP contribution is 2.24. The van der Waals surface area contributed by atoms with E-state index in [0.29, 0.717) is 48.5 Å². The molecule has 160 valence electrons.